The predicted molar refractivity (Wildman–Crippen MR) is 94.9 cm³/mol. The highest BCUT2D eigenvalue weighted by Crippen LogP contribution is 2.32. The van der Waals surface area contributed by atoms with E-state index in [1.54, 1.807) is 6.07 Å². The number of nitrogens with one attached hydrogen (secondary N) is 1. The Morgan fingerprint density at radius 1 is 1.18 bits per heavy atom. The molecular formula is C18H12BrF4N3O2. The van der Waals surface area contributed by atoms with E-state index >= 15 is 0 Å². The van der Waals surface area contributed by atoms with Crippen LogP contribution in [0.3, 0.4) is 0 Å². The molecule has 1 amide bonds. The minimum Gasteiger partial charge on any atom is -0.456 e. The zero-order valence-electron chi connectivity index (χ0n) is 14.0. The standard InChI is InChI=1S/C18H12BrF4N3O2/c19-11-5-10(7-24-8-11)14(6-13-2-3-15(28-13)18(21,22)23)17(27)26-16-4-1-12(20)9-25-16/h1-5,7-9,14H,6H2,(H,25,26,27). The largest absolute Gasteiger partial charge is 0.456 e. The molecule has 0 bridgehead atoms. The first-order valence-electron chi connectivity index (χ1n) is 7.91. The molecule has 3 aromatic rings. The third-order valence-corrected chi connectivity index (χ3v) is 4.20. The van der Waals surface area contributed by atoms with Crippen LogP contribution in [0.25, 0.3) is 0 Å². The van der Waals surface area contributed by atoms with E-state index in [0.717, 1.165) is 18.3 Å². The fourth-order valence-electron chi connectivity index (χ4n) is 2.49. The smallest absolute Gasteiger partial charge is 0.449 e. The van der Waals surface area contributed by atoms with Crippen molar-refractivity contribution in [1.29, 1.82) is 0 Å². The van der Waals surface area contributed by atoms with Crippen LogP contribution in [0.5, 0.6) is 0 Å². The van der Waals surface area contributed by atoms with Gasteiger partial charge in [0.05, 0.1) is 12.1 Å². The number of hydrogen-bond donors (Lipinski definition) is 1. The van der Waals surface area contributed by atoms with Gasteiger partial charge in [0.2, 0.25) is 11.7 Å². The fourth-order valence-corrected chi connectivity index (χ4v) is 2.87. The van der Waals surface area contributed by atoms with E-state index in [1.807, 2.05) is 0 Å². The summed E-state index contributed by atoms with van der Waals surface area (Å²) in [5.41, 5.74) is 0.457. The molecule has 0 radical (unpaired) electrons. The van der Waals surface area contributed by atoms with Gasteiger partial charge in [0.15, 0.2) is 0 Å². The summed E-state index contributed by atoms with van der Waals surface area (Å²) in [6.07, 6.45) is -0.880. The first-order chi connectivity index (χ1) is 13.2. The Labute approximate surface area is 164 Å². The maximum Gasteiger partial charge on any atom is 0.449 e. The zero-order valence-corrected chi connectivity index (χ0v) is 15.6. The van der Waals surface area contributed by atoms with Gasteiger partial charge in [-0.3, -0.25) is 9.78 Å². The summed E-state index contributed by atoms with van der Waals surface area (Å²) < 4.78 is 56.7. The van der Waals surface area contributed by atoms with Crippen molar-refractivity contribution in [3.8, 4) is 0 Å². The Bertz CT molecular complexity index is 973. The van der Waals surface area contributed by atoms with Crippen LogP contribution in [-0.2, 0) is 17.4 Å². The molecule has 3 rings (SSSR count). The van der Waals surface area contributed by atoms with Crippen LogP contribution in [-0.4, -0.2) is 15.9 Å². The van der Waals surface area contributed by atoms with Crippen molar-refractivity contribution in [2.45, 2.75) is 18.5 Å². The zero-order chi connectivity index (χ0) is 20.3. The lowest BCUT2D eigenvalue weighted by molar-refractivity contribution is -0.153. The van der Waals surface area contributed by atoms with Gasteiger partial charge in [-0.15, -0.1) is 0 Å². The van der Waals surface area contributed by atoms with Crippen LogP contribution in [0, 0.1) is 5.82 Å². The Morgan fingerprint density at radius 2 is 1.96 bits per heavy atom. The van der Waals surface area contributed by atoms with E-state index in [4.69, 9.17) is 4.42 Å². The fraction of sp³-hybridized carbons (Fsp3) is 0.167. The Kier molecular flexibility index (Phi) is 5.78. The molecule has 1 N–H and O–H groups in total. The summed E-state index contributed by atoms with van der Waals surface area (Å²) in [5, 5.41) is 2.52. The number of carbonyl (C=O) groups is 1. The first kappa shape index (κ1) is 20.0. The van der Waals surface area contributed by atoms with Crippen molar-refractivity contribution in [2.75, 3.05) is 5.32 Å². The number of halogens is 5. The third kappa shape index (κ3) is 4.94. The quantitative estimate of drug-likeness (QED) is 0.550. The molecule has 28 heavy (non-hydrogen) atoms. The summed E-state index contributed by atoms with van der Waals surface area (Å²) in [6.45, 7) is 0. The number of alkyl halides is 3. The molecule has 0 aliphatic rings. The number of carbonyl (C=O) groups excluding carboxylic acids is 1. The second-order valence-corrected chi connectivity index (χ2v) is 6.72. The highest BCUT2D eigenvalue weighted by atomic mass is 79.9. The van der Waals surface area contributed by atoms with Gasteiger partial charge in [0.25, 0.3) is 0 Å². The van der Waals surface area contributed by atoms with Gasteiger partial charge in [-0.2, -0.15) is 13.2 Å². The molecule has 0 aliphatic heterocycles. The maximum atomic E-state index is 13.0. The number of nitrogens with zero attached hydrogens (tertiary/aromatic N) is 2. The molecule has 1 unspecified atom stereocenters. The Balaban J connectivity index is 1.87. The lowest BCUT2D eigenvalue weighted by Crippen LogP contribution is -2.23. The predicted octanol–water partition coefficient (Wildman–Crippen LogP) is 4.96. The van der Waals surface area contributed by atoms with Gasteiger partial charge in [0.1, 0.15) is 17.4 Å². The van der Waals surface area contributed by atoms with Crippen LogP contribution < -0.4 is 5.32 Å². The number of anilines is 1. The van der Waals surface area contributed by atoms with E-state index in [9.17, 15) is 22.4 Å². The Morgan fingerprint density at radius 3 is 2.57 bits per heavy atom. The van der Waals surface area contributed by atoms with E-state index < -0.39 is 29.6 Å². The maximum absolute atomic E-state index is 13.0. The van der Waals surface area contributed by atoms with Gasteiger partial charge in [0, 0.05) is 23.3 Å². The lowest BCUT2D eigenvalue weighted by Gasteiger charge is -2.16. The summed E-state index contributed by atoms with van der Waals surface area (Å²) in [7, 11) is 0. The molecule has 0 spiro atoms. The van der Waals surface area contributed by atoms with Crippen LogP contribution in [0.4, 0.5) is 23.4 Å². The highest BCUT2D eigenvalue weighted by molar-refractivity contribution is 9.10. The van der Waals surface area contributed by atoms with Gasteiger partial charge in [-0.1, -0.05) is 0 Å². The summed E-state index contributed by atoms with van der Waals surface area (Å²) >= 11 is 3.25. The average Bonchev–Trinajstić information content (AvgIpc) is 3.11. The molecule has 0 aromatic carbocycles. The molecule has 3 aromatic heterocycles. The monoisotopic (exact) mass is 457 g/mol. The molecule has 0 saturated carbocycles. The van der Waals surface area contributed by atoms with Gasteiger partial charge in [-0.05, 0) is 51.8 Å². The van der Waals surface area contributed by atoms with Crippen LogP contribution >= 0.6 is 15.9 Å². The number of pyridine rings is 2. The van der Waals surface area contributed by atoms with Crippen molar-refractivity contribution < 1.29 is 26.8 Å². The highest BCUT2D eigenvalue weighted by Gasteiger charge is 2.35. The van der Waals surface area contributed by atoms with Gasteiger partial charge in [-0.25, -0.2) is 9.37 Å². The van der Waals surface area contributed by atoms with E-state index in [0.29, 0.717) is 10.0 Å². The number of furan rings is 1. The molecular weight excluding hydrogens is 446 g/mol. The molecule has 5 nitrogen and oxygen atoms in total. The van der Waals surface area contributed by atoms with Crippen molar-refractivity contribution in [1.82, 2.24) is 9.97 Å². The second-order valence-electron chi connectivity index (χ2n) is 5.81. The normalized spacial score (nSPS) is 12.6. The number of hydrogen-bond acceptors (Lipinski definition) is 4. The lowest BCUT2D eigenvalue weighted by atomic mass is 9.95. The van der Waals surface area contributed by atoms with Crippen molar-refractivity contribution in [3.05, 3.63) is 76.3 Å². The molecule has 1 atom stereocenters. The molecule has 3 heterocycles. The average molecular weight is 458 g/mol. The summed E-state index contributed by atoms with van der Waals surface area (Å²) in [5.74, 6) is -3.09. The van der Waals surface area contributed by atoms with Crippen LogP contribution in [0.15, 0.2) is 57.8 Å². The third-order valence-electron chi connectivity index (χ3n) is 3.77. The number of rotatable bonds is 5. The van der Waals surface area contributed by atoms with E-state index in [2.05, 4.69) is 31.2 Å². The van der Waals surface area contributed by atoms with Gasteiger partial charge < -0.3 is 9.73 Å². The number of aromatic nitrogens is 2. The summed E-state index contributed by atoms with van der Waals surface area (Å²) in [6, 6.07) is 6.01. The molecule has 0 saturated heterocycles. The van der Waals surface area contributed by atoms with E-state index in [1.165, 1.54) is 24.5 Å². The molecule has 0 fully saturated rings. The molecule has 0 aliphatic carbocycles. The summed E-state index contributed by atoms with van der Waals surface area (Å²) in [4.78, 5) is 20.5. The van der Waals surface area contributed by atoms with Crippen LogP contribution in [0.2, 0.25) is 0 Å². The minimum atomic E-state index is -4.62. The minimum absolute atomic E-state index is 0.0143. The van der Waals surface area contributed by atoms with Crippen molar-refractivity contribution in [2.24, 2.45) is 0 Å². The first-order valence-corrected chi connectivity index (χ1v) is 8.70. The van der Waals surface area contributed by atoms with Crippen LogP contribution in [0.1, 0.15) is 23.0 Å². The molecule has 146 valence electrons. The Hall–Kier alpha value is -2.75. The SMILES string of the molecule is O=C(Nc1ccc(F)cn1)C(Cc1ccc(C(F)(F)F)o1)c1cncc(Br)c1. The topological polar surface area (TPSA) is 68.0 Å². The second kappa shape index (κ2) is 8.09. The van der Waals surface area contributed by atoms with Crippen molar-refractivity contribution >= 4 is 27.7 Å². The van der Waals surface area contributed by atoms with Crippen molar-refractivity contribution in [3.63, 3.8) is 0 Å². The van der Waals surface area contributed by atoms with E-state index in [-0.39, 0.29) is 18.0 Å². The number of amides is 1. The molecule has 10 heteroatoms. The van der Waals surface area contributed by atoms with Gasteiger partial charge >= 0.3 is 6.18 Å².